The number of hydrogen-bond acceptors (Lipinski definition) is 13. The SMILES string of the molecule is CC[C@H]1OC(=O)[C@H](C)[C@H]2OCC(NCCc3cccc4ccccc34)CO[C@](C)(C[C@@H](C)C(=O)[C@H](C)[C@H]3NC(=O)O[C@@]31C)[C@H](O[C@@H]1O[C@H](C)C[C@H](N(C)C)[C@H]1OC(C)=O)[C@H]2C. The summed E-state index contributed by atoms with van der Waals surface area (Å²) in [4.78, 5) is 56.7. The summed E-state index contributed by atoms with van der Waals surface area (Å²) < 4.78 is 45.8. The summed E-state index contributed by atoms with van der Waals surface area (Å²) >= 11 is 0. The van der Waals surface area contributed by atoms with Gasteiger partial charge in [0.1, 0.15) is 11.9 Å². The fourth-order valence-electron chi connectivity index (χ4n) is 10.5. The highest BCUT2D eigenvalue weighted by atomic mass is 16.7. The first kappa shape index (κ1) is 46.8. The number of carbonyl (C=O) groups excluding carboxylic acids is 4. The minimum absolute atomic E-state index is 0.115. The summed E-state index contributed by atoms with van der Waals surface area (Å²) in [5.41, 5.74) is -1.29. The van der Waals surface area contributed by atoms with E-state index < -0.39 is 89.7 Å². The number of Topliss-reactive ketones (excluding diaryl/α,β-unsaturated/α-hetero) is 1. The number of carbonyl (C=O) groups is 4. The number of esters is 2. The lowest BCUT2D eigenvalue weighted by Gasteiger charge is -2.49. The summed E-state index contributed by atoms with van der Waals surface area (Å²) in [7, 11) is 3.86. The van der Waals surface area contributed by atoms with Crippen LogP contribution in [0.15, 0.2) is 42.5 Å². The second-order valence-corrected chi connectivity index (χ2v) is 18.6. The van der Waals surface area contributed by atoms with Crippen LogP contribution in [0.5, 0.6) is 0 Å². The Bertz CT molecular complexity index is 1870. The second-order valence-electron chi connectivity index (χ2n) is 18.6. The quantitative estimate of drug-likeness (QED) is 0.237. The van der Waals surface area contributed by atoms with E-state index in [-0.39, 0.29) is 43.6 Å². The predicted octanol–water partition coefficient (Wildman–Crippen LogP) is 5.60. The van der Waals surface area contributed by atoms with Gasteiger partial charge in [0.25, 0.3) is 0 Å². The van der Waals surface area contributed by atoms with Crippen molar-refractivity contribution in [2.24, 2.45) is 23.7 Å². The van der Waals surface area contributed by atoms with Gasteiger partial charge in [-0.1, -0.05) is 70.2 Å². The number of likely N-dealkylation sites (N-methyl/N-ethyl adjacent to an activating group) is 1. The number of ether oxygens (including phenoxy) is 7. The van der Waals surface area contributed by atoms with Crippen LogP contribution in [0.4, 0.5) is 4.79 Å². The maximum Gasteiger partial charge on any atom is 0.408 e. The number of rotatable bonds is 9. The van der Waals surface area contributed by atoms with Crippen LogP contribution in [0, 0.1) is 23.7 Å². The van der Waals surface area contributed by atoms with E-state index in [0.717, 1.165) is 6.42 Å². The third-order valence-corrected chi connectivity index (χ3v) is 13.7. The number of fused-ring (bicyclic) bond motifs is 5. The third-order valence-electron chi connectivity index (χ3n) is 13.7. The van der Waals surface area contributed by atoms with Gasteiger partial charge in [0.05, 0.1) is 61.2 Å². The van der Waals surface area contributed by atoms with Gasteiger partial charge in [-0.05, 0) is 90.4 Å². The van der Waals surface area contributed by atoms with Crippen molar-refractivity contribution in [2.45, 2.75) is 154 Å². The molecule has 4 saturated heterocycles. The Morgan fingerprint density at radius 1 is 0.984 bits per heavy atom. The van der Waals surface area contributed by atoms with Crippen molar-refractivity contribution < 1.29 is 52.3 Å². The van der Waals surface area contributed by atoms with Crippen molar-refractivity contribution in [3.63, 3.8) is 0 Å². The van der Waals surface area contributed by atoms with Crippen LogP contribution in [0.3, 0.4) is 0 Å². The van der Waals surface area contributed by atoms with E-state index >= 15 is 0 Å². The maximum absolute atomic E-state index is 14.7. The molecule has 61 heavy (non-hydrogen) atoms. The molecule has 4 aliphatic heterocycles. The lowest BCUT2D eigenvalue weighted by Crippen LogP contribution is -2.61. The monoisotopic (exact) mass is 851 g/mol. The van der Waals surface area contributed by atoms with Crippen LogP contribution < -0.4 is 10.6 Å². The molecule has 4 heterocycles. The van der Waals surface area contributed by atoms with E-state index in [1.807, 2.05) is 65.7 Å². The van der Waals surface area contributed by atoms with Crippen LogP contribution in [0.2, 0.25) is 0 Å². The van der Waals surface area contributed by atoms with Crippen molar-refractivity contribution in [2.75, 3.05) is 33.9 Å². The molecule has 2 aromatic rings. The van der Waals surface area contributed by atoms with Crippen molar-refractivity contribution >= 4 is 34.6 Å². The van der Waals surface area contributed by atoms with Crippen molar-refractivity contribution in [1.29, 1.82) is 0 Å². The summed E-state index contributed by atoms with van der Waals surface area (Å²) in [5.74, 6) is -3.82. The molecule has 338 valence electrons. The van der Waals surface area contributed by atoms with Crippen molar-refractivity contribution in [3.8, 4) is 0 Å². The normalized spacial score (nSPS) is 39.0. The smallest absolute Gasteiger partial charge is 0.408 e. The largest absolute Gasteiger partial charge is 0.458 e. The first-order valence-corrected chi connectivity index (χ1v) is 22.2. The number of hydrogen-bond donors (Lipinski definition) is 2. The highest BCUT2D eigenvalue weighted by Gasteiger charge is 2.58. The summed E-state index contributed by atoms with van der Waals surface area (Å²) in [6.45, 7) is 17.3. The zero-order valence-electron chi connectivity index (χ0n) is 37.9. The number of alkyl carbamates (subject to hydrolysis) is 1. The van der Waals surface area contributed by atoms with Gasteiger partial charge >= 0.3 is 18.0 Å². The van der Waals surface area contributed by atoms with Gasteiger partial charge in [0.15, 0.2) is 18.0 Å². The molecular formula is C47H69N3O11. The molecule has 1 unspecified atom stereocenters. The first-order valence-electron chi connectivity index (χ1n) is 22.2. The standard InChI is InChI=1S/C47H69N3O11/c1-12-37-47(9)41(49-45(54)61-47)28(4)38(52)26(2)23-46(8)42(60-44-40(58-31(7)51)36(50(10)11)22-27(3)57-44)29(5)39(30(6)43(53)59-37)55-24-34(25-56-46)48-21-20-33-18-15-17-32-16-13-14-19-35(32)33/h13-19,26-30,34,36-37,39-42,44,48H,12,20-25H2,1-11H3,(H,49,54)/t26-,27-,28+,29+,30-,34?,36+,37-,39+,40-,41-,42-,44+,46-,47-/m1/s1. The Balaban J connectivity index is 1.41. The zero-order chi connectivity index (χ0) is 44.4. The summed E-state index contributed by atoms with van der Waals surface area (Å²) in [5, 5.41) is 8.93. The molecule has 2 aromatic carbocycles. The van der Waals surface area contributed by atoms with E-state index in [2.05, 4.69) is 41.0 Å². The zero-order valence-corrected chi connectivity index (χ0v) is 37.9. The van der Waals surface area contributed by atoms with Crippen LogP contribution in [-0.4, -0.2) is 129 Å². The molecule has 14 nitrogen and oxygen atoms in total. The average Bonchev–Trinajstić information content (AvgIpc) is 3.55. The Kier molecular flexibility index (Phi) is 14.9. The number of benzene rings is 2. The highest BCUT2D eigenvalue weighted by Crippen LogP contribution is 2.42. The minimum Gasteiger partial charge on any atom is -0.458 e. The van der Waals surface area contributed by atoms with Gasteiger partial charge in [0, 0.05) is 24.7 Å². The van der Waals surface area contributed by atoms with Crippen LogP contribution >= 0.6 is 0 Å². The first-order chi connectivity index (χ1) is 28.9. The van der Waals surface area contributed by atoms with E-state index in [4.69, 9.17) is 33.2 Å². The molecule has 14 heteroatoms. The van der Waals surface area contributed by atoms with Crippen LogP contribution in [-0.2, 0) is 54.0 Å². The fraction of sp³-hybridized carbons (Fsp3) is 0.702. The molecule has 0 aromatic heterocycles. The van der Waals surface area contributed by atoms with E-state index in [0.29, 0.717) is 19.4 Å². The van der Waals surface area contributed by atoms with E-state index in [1.165, 1.54) is 23.3 Å². The lowest BCUT2D eigenvalue weighted by atomic mass is 9.73. The van der Waals surface area contributed by atoms with Crippen LogP contribution in [0.25, 0.3) is 10.8 Å². The topological polar surface area (TPSA) is 160 Å². The molecule has 0 spiro atoms. The van der Waals surface area contributed by atoms with Crippen LogP contribution in [0.1, 0.15) is 87.1 Å². The van der Waals surface area contributed by atoms with Gasteiger partial charge in [-0.25, -0.2) is 4.79 Å². The van der Waals surface area contributed by atoms with Gasteiger partial charge in [-0.15, -0.1) is 0 Å². The predicted molar refractivity (Wildman–Crippen MR) is 229 cm³/mol. The maximum atomic E-state index is 14.7. The van der Waals surface area contributed by atoms with Crippen molar-refractivity contribution in [3.05, 3.63) is 48.0 Å². The Morgan fingerprint density at radius 3 is 2.41 bits per heavy atom. The molecular weight excluding hydrogens is 783 g/mol. The third kappa shape index (κ3) is 10.1. The number of ketones is 1. The molecule has 1 amide bonds. The molecule has 6 rings (SSSR count). The summed E-state index contributed by atoms with van der Waals surface area (Å²) in [6, 6.07) is 13.3. The fourth-order valence-corrected chi connectivity index (χ4v) is 10.5. The Labute approximate surface area is 361 Å². The number of nitrogens with one attached hydrogen (secondary N) is 2. The number of nitrogens with zero attached hydrogens (tertiary/aromatic N) is 1. The average molecular weight is 852 g/mol. The summed E-state index contributed by atoms with van der Waals surface area (Å²) in [6.07, 6.45) is -3.32. The van der Waals surface area contributed by atoms with Crippen molar-refractivity contribution in [1.82, 2.24) is 15.5 Å². The van der Waals surface area contributed by atoms with E-state index in [1.54, 1.807) is 20.8 Å². The lowest BCUT2D eigenvalue weighted by molar-refractivity contribution is -0.304. The highest BCUT2D eigenvalue weighted by molar-refractivity contribution is 5.86. The molecule has 4 fully saturated rings. The Hall–Kier alpha value is -3.66. The number of cyclic esters (lactones) is 1. The Morgan fingerprint density at radius 2 is 1.70 bits per heavy atom. The second kappa shape index (κ2) is 19.4. The molecule has 0 radical (unpaired) electrons. The van der Waals surface area contributed by atoms with Gasteiger partial charge in [-0.3, -0.25) is 14.4 Å². The van der Waals surface area contributed by atoms with Gasteiger partial charge in [0.2, 0.25) is 0 Å². The molecule has 2 bridgehead atoms. The molecule has 0 saturated carbocycles. The molecule has 15 atom stereocenters. The molecule has 2 N–H and O–H groups in total. The molecule has 4 aliphatic rings. The van der Waals surface area contributed by atoms with Gasteiger partial charge < -0.3 is 48.7 Å². The minimum atomic E-state index is -1.32. The number of amides is 1. The molecule has 0 aliphatic carbocycles. The van der Waals surface area contributed by atoms with E-state index in [9.17, 15) is 19.2 Å². The van der Waals surface area contributed by atoms with Gasteiger partial charge in [-0.2, -0.15) is 0 Å².